The summed E-state index contributed by atoms with van der Waals surface area (Å²) in [5, 5.41) is 0. The lowest BCUT2D eigenvalue weighted by Gasteiger charge is -2.13. The van der Waals surface area contributed by atoms with Crippen LogP contribution in [0.5, 0.6) is 0 Å². The summed E-state index contributed by atoms with van der Waals surface area (Å²) in [6, 6.07) is 10.4. The summed E-state index contributed by atoms with van der Waals surface area (Å²) < 4.78 is 74.7. The van der Waals surface area contributed by atoms with E-state index in [-0.39, 0.29) is 5.56 Å². The molecule has 0 radical (unpaired) electrons. The van der Waals surface area contributed by atoms with Gasteiger partial charge >= 0.3 is 6.18 Å². The first-order valence-corrected chi connectivity index (χ1v) is 8.96. The minimum Gasteiger partial charge on any atom is -0.772 e. The largest absolute Gasteiger partial charge is 0.772 e. The average Bonchev–Trinajstić information content (AvgIpc) is 2.62. The molecule has 1 unspecified atom stereocenters. The Balaban J connectivity index is 2.08. The van der Waals surface area contributed by atoms with E-state index in [0.29, 0.717) is 22.3 Å². The zero-order valence-electron chi connectivity index (χ0n) is 13.7. The molecule has 0 saturated carbocycles. The smallest absolute Gasteiger partial charge is 0.416 e. The first-order chi connectivity index (χ1) is 12.8. The predicted molar refractivity (Wildman–Crippen MR) is 92.7 cm³/mol. The minimum atomic E-state index is -4.48. The van der Waals surface area contributed by atoms with Gasteiger partial charge in [0.05, 0.1) is 5.56 Å². The van der Waals surface area contributed by atoms with Crippen LogP contribution in [0.15, 0.2) is 60.9 Å². The highest BCUT2D eigenvalue weighted by atomic mass is 32.2. The number of alkyl halides is 3. The van der Waals surface area contributed by atoms with E-state index in [1.807, 2.05) is 0 Å². The summed E-state index contributed by atoms with van der Waals surface area (Å²) in [7, 11) is 0. The lowest BCUT2D eigenvalue weighted by atomic mass is 9.95. The third-order valence-corrected chi connectivity index (χ3v) is 4.51. The fourth-order valence-electron chi connectivity index (χ4n) is 2.70. The summed E-state index contributed by atoms with van der Waals surface area (Å²) >= 11 is -2.43. The fourth-order valence-corrected chi connectivity index (χ4v) is 3.19. The highest BCUT2D eigenvalue weighted by Crippen LogP contribution is 2.36. The molecule has 0 spiro atoms. The SMILES string of the molecule is O=S([O-])Cc1ccc(-c2cnccc2-c2cccc(C(F)(F)F)c2)cc1F. The number of pyridine rings is 1. The van der Waals surface area contributed by atoms with E-state index in [4.69, 9.17) is 0 Å². The molecule has 1 aromatic heterocycles. The lowest BCUT2D eigenvalue weighted by Crippen LogP contribution is -2.04. The molecule has 0 fully saturated rings. The molecule has 0 aliphatic carbocycles. The second-order valence-electron chi connectivity index (χ2n) is 5.75. The van der Waals surface area contributed by atoms with Crippen molar-refractivity contribution in [2.75, 3.05) is 0 Å². The Bertz CT molecular complexity index is 1000. The van der Waals surface area contributed by atoms with Crippen molar-refractivity contribution >= 4 is 11.1 Å². The van der Waals surface area contributed by atoms with Crippen LogP contribution < -0.4 is 0 Å². The summed E-state index contributed by atoms with van der Waals surface area (Å²) in [5.74, 6) is -1.17. The summed E-state index contributed by atoms with van der Waals surface area (Å²) in [4.78, 5) is 3.98. The molecule has 0 N–H and O–H groups in total. The standard InChI is InChI=1S/C19H13F4NO2S/c20-18-9-13(4-5-14(18)11-27(25)26)17-10-24-7-6-16(17)12-2-1-3-15(8-12)19(21,22)23/h1-10H,11H2,(H,25,26)/p-1. The van der Waals surface area contributed by atoms with E-state index in [0.717, 1.165) is 18.2 Å². The maximum atomic E-state index is 14.2. The van der Waals surface area contributed by atoms with E-state index in [2.05, 4.69) is 4.98 Å². The highest BCUT2D eigenvalue weighted by Gasteiger charge is 2.30. The van der Waals surface area contributed by atoms with Gasteiger partial charge in [0.25, 0.3) is 0 Å². The van der Waals surface area contributed by atoms with Crippen LogP contribution in [0.2, 0.25) is 0 Å². The molecule has 1 atom stereocenters. The molecule has 8 heteroatoms. The number of hydrogen-bond acceptors (Lipinski definition) is 3. The van der Waals surface area contributed by atoms with E-state index in [1.165, 1.54) is 36.7 Å². The van der Waals surface area contributed by atoms with Gasteiger partial charge in [-0.05, 0) is 46.5 Å². The van der Waals surface area contributed by atoms with Gasteiger partial charge < -0.3 is 4.55 Å². The molecule has 1 heterocycles. The molecule has 27 heavy (non-hydrogen) atoms. The van der Waals surface area contributed by atoms with Crippen LogP contribution in [-0.4, -0.2) is 13.7 Å². The van der Waals surface area contributed by atoms with Crippen LogP contribution in [-0.2, 0) is 23.0 Å². The quantitative estimate of drug-likeness (QED) is 0.465. The van der Waals surface area contributed by atoms with Crippen molar-refractivity contribution in [2.45, 2.75) is 11.9 Å². The van der Waals surface area contributed by atoms with Gasteiger partial charge in [-0.2, -0.15) is 13.2 Å². The first kappa shape index (κ1) is 19.2. The van der Waals surface area contributed by atoms with Gasteiger partial charge in [0.2, 0.25) is 0 Å². The van der Waals surface area contributed by atoms with E-state index in [1.54, 1.807) is 6.07 Å². The monoisotopic (exact) mass is 394 g/mol. The third kappa shape index (κ3) is 4.40. The molecule has 140 valence electrons. The molecule has 3 aromatic rings. The molecular weight excluding hydrogens is 382 g/mol. The number of nitrogens with zero attached hydrogens (tertiary/aromatic N) is 1. The van der Waals surface area contributed by atoms with Crippen molar-refractivity contribution in [2.24, 2.45) is 0 Å². The molecule has 2 aromatic carbocycles. The molecule has 0 bridgehead atoms. The summed E-state index contributed by atoms with van der Waals surface area (Å²) in [5.41, 5.74) is 0.806. The van der Waals surface area contributed by atoms with Gasteiger partial charge in [-0.25, -0.2) is 4.39 Å². The summed E-state index contributed by atoms with van der Waals surface area (Å²) in [6.45, 7) is 0. The van der Waals surface area contributed by atoms with Gasteiger partial charge in [-0.15, -0.1) is 0 Å². The van der Waals surface area contributed by atoms with Crippen molar-refractivity contribution in [1.29, 1.82) is 0 Å². The average molecular weight is 394 g/mol. The molecule has 3 rings (SSSR count). The second-order valence-corrected chi connectivity index (χ2v) is 6.65. The van der Waals surface area contributed by atoms with E-state index < -0.39 is 34.4 Å². The Labute approximate surface area is 155 Å². The molecule has 0 aliphatic rings. The highest BCUT2D eigenvalue weighted by molar-refractivity contribution is 7.78. The van der Waals surface area contributed by atoms with Gasteiger partial charge in [0, 0.05) is 23.7 Å². The van der Waals surface area contributed by atoms with Crippen molar-refractivity contribution in [3.05, 3.63) is 77.9 Å². The Morgan fingerprint density at radius 1 is 1.00 bits per heavy atom. The van der Waals surface area contributed by atoms with Crippen LogP contribution >= 0.6 is 0 Å². The zero-order chi connectivity index (χ0) is 19.6. The third-order valence-electron chi connectivity index (χ3n) is 3.96. The lowest BCUT2D eigenvalue weighted by molar-refractivity contribution is -0.137. The van der Waals surface area contributed by atoms with Crippen molar-refractivity contribution in [3.8, 4) is 22.3 Å². The predicted octanol–water partition coefficient (Wildman–Crippen LogP) is 4.95. The summed E-state index contributed by atoms with van der Waals surface area (Å²) in [6.07, 6.45) is -1.62. The Kier molecular flexibility index (Phi) is 5.38. The van der Waals surface area contributed by atoms with Crippen LogP contribution in [0.3, 0.4) is 0 Å². The maximum absolute atomic E-state index is 14.2. The van der Waals surface area contributed by atoms with Crippen molar-refractivity contribution < 1.29 is 26.3 Å². The number of aromatic nitrogens is 1. The number of hydrogen-bond donors (Lipinski definition) is 0. The fraction of sp³-hybridized carbons (Fsp3) is 0.105. The topological polar surface area (TPSA) is 53.0 Å². The molecule has 3 nitrogen and oxygen atoms in total. The Morgan fingerprint density at radius 2 is 1.74 bits per heavy atom. The second kappa shape index (κ2) is 7.58. The number of halogens is 4. The molecule has 0 aliphatic heterocycles. The van der Waals surface area contributed by atoms with E-state index in [9.17, 15) is 26.3 Å². The number of rotatable bonds is 4. The minimum absolute atomic E-state index is 0.0107. The van der Waals surface area contributed by atoms with E-state index >= 15 is 0 Å². The molecular formula is C19H12F4NO2S-. The van der Waals surface area contributed by atoms with Crippen molar-refractivity contribution in [1.82, 2.24) is 4.98 Å². The van der Waals surface area contributed by atoms with Crippen LogP contribution in [0, 0.1) is 5.82 Å². The molecule has 0 saturated heterocycles. The van der Waals surface area contributed by atoms with Crippen LogP contribution in [0.25, 0.3) is 22.3 Å². The van der Waals surface area contributed by atoms with Crippen LogP contribution in [0.4, 0.5) is 17.6 Å². The van der Waals surface area contributed by atoms with Crippen LogP contribution in [0.1, 0.15) is 11.1 Å². The maximum Gasteiger partial charge on any atom is 0.416 e. The molecule has 0 amide bonds. The van der Waals surface area contributed by atoms with Gasteiger partial charge in [-0.1, -0.05) is 35.3 Å². The van der Waals surface area contributed by atoms with Crippen molar-refractivity contribution in [3.63, 3.8) is 0 Å². The number of benzene rings is 2. The van der Waals surface area contributed by atoms with Gasteiger partial charge in [-0.3, -0.25) is 9.19 Å². The Hall–Kier alpha value is -2.58. The normalized spacial score (nSPS) is 12.8. The Morgan fingerprint density at radius 3 is 2.41 bits per heavy atom. The zero-order valence-corrected chi connectivity index (χ0v) is 14.5. The van der Waals surface area contributed by atoms with Gasteiger partial charge in [0.1, 0.15) is 5.82 Å². The first-order valence-electron chi connectivity index (χ1n) is 7.72. The van der Waals surface area contributed by atoms with Gasteiger partial charge in [0.15, 0.2) is 0 Å².